The first kappa shape index (κ1) is 17.0. The summed E-state index contributed by atoms with van der Waals surface area (Å²) >= 11 is 0. The van der Waals surface area contributed by atoms with E-state index in [2.05, 4.69) is 50.8 Å². The molecule has 2 fully saturated rings. The fourth-order valence-corrected chi connectivity index (χ4v) is 4.48. The summed E-state index contributed by atoms with van der Waals surface area (Å²) in [5, 5.41) is 6.25. The van der Waals surface area contributed by atoms with Crippen LogP contribution in [0.2, 0.25) is 0 Å². The summed E-state index contributed by atoms with van der Waals surface area (Å²) in [6.07, 6.45) is 6.48. The molecule has 4 rings (SSSR count). The number of pyridine rings is 1. The standard InChI is InChI=1S/C21H26N4O/c1-22-21(26)19-8-5-11-23-20(19)24-16-12-17-9-10-18(13-16)25(17)14-15-6-3-2-4-7-15/h2-8,11,16-18H,9-10,12-14H2,1H3,(H,22,26)(H,23,24). The molecule has 2 N–H and O–H groups in total. The summed E-state index contributed by atoms with van der Waals surface area (Å²) < 4.78 is 0. The number of amides is 1. The lowest BCUT2D eigenvalue weighted by Crippen LogP contribution is -2.46. The fourth-order valence-electron chi connectivity index (χ4n) is 4.48. The van der Waals surface area contributed by atoms with Crippen LogP contribution in [-0.2, 0) is 6.54 Å². The molecule has 1 aromatic carbocycles. The minimum absolute atomic E-state index is 0.0925. The van der Waals surface area contributed by atoms with E-state index in [1.165, 1.54) is 18.4 Å². The Kier molecular flexibility index (Phi) is 4.89. The Bertz CT molecular complexity index is 750. The first-order valence-corrected chi connectivity index (χ1v) is 9.48. The molecule has 5 heteroatoms. The van der Waals surface area contributed by atoms with Crippen molar-refractivity contribution in [2.45, 2.75) is 50.4 Å². The highest BCUT2D eigenvalue weighted by molar-refractivity contribution is 5.98. The first-order valence-electron chi connectivity index (χ1n) is 9.48. The molecule has 0 radical (unpaired) electrons. The van der Waals surface area contributed by atoms with Crippen molar-refractivity contribution < 1.29 is 4.79 Å². The molecule has 1 aromatic heterocycles. The van der Waals surface area contributed by atoms with Crippen molar-refractivity contribution >= 4 is 11.7 Å². The number of nitrogens with one attached hydrogen (secondary N) is 2. The Labute approximate surface area is 154 Å². The zero-order valence-electron chi connectivity index (χ0n) is 15.2. The lowest BCUT2D eigenvalue weighted by atomic mass is 9.96. The van der Waals surface area contributed by atoms with Gasteiger partial charge in [-0.2, -0.15) is 0 Å². The van der Waals surface area contributed by atoms with E-state index in [9.17, 15) is 4.79 Å². The fraction of sp³-hybridized carbons (Fsp3) is 0.429. The molecule has 2 aliphatic heterocycles. The Morgan fingerprint density at radius 1 is 1.12 bits per heavy atom. The van der Waals surface area contributed by atoms with Gasteiger partial charge in [-0.25, -0.2) is 4.98 Å². The van der Waals surface area contributed by atoms with Gasteiger partial charge in [-0.1, -0.05) is 30.3 Å². The second-order valence-corrected chi connectivity index (χ2v) is 7.33. The highest BCUT2D eigenvalue weighted by Gasteiger charge is 2.40. The van der Waals surface area contributed by atoms with Gasteiger partial charge in [-0.3, -0.25) is 9.69 Å². The predicted molar refractivity (Wildman–Crippen MR) is 103 cm³/mol. The molecule has 1 amide bonds. The van der Waals surface area contributed by atoms with Crippen molar-refractivity contribution in [3.05, 3.63) is 59.8 Å². The molecule has 2 unspecified atom stereocenters. The zero-order chi connectivity index (χ0) is 17.9. The molecule has 0 aliphatic carbocycles. The van der Waals surface area contributed by atoms with Crippen molar-refractivity contribution in [2.24, 2.45) is 0 Å². The van der Waals surface area contributed by atoms with E-state index >= 15 is 0 Å². The third kappa shape index (κ3) is 3.44. The second kappa shape index (κ2) is 7.46. The van der Waals surface area contributed by atoms with E-state index < -0.39 is 0 Å². The third-order valence-electron chi connectivity index (χ3n) is 5.71. The maximum absolute atomic E-state index is 12.1. The van der Waals surface area contributed by atoms with Gasteiger partial charge in [0.2, 0.25) is 0 Å². The summed E-state index contributed by atoms with van der Waals surface area (Å²) in [4.78, 5) is 19.2. The molecule has 136 valence electrons. The van der Waals surface area contributed by atoms with Crippen molar-refractivity contribution in [3.8, 4) is 0 Å². The van der Waals surface area contributed by atoms with Gasteiger partial charge in [-0.15, -0.1) is 0 Å². The second-order valence-electron chi connectivity index (χ2n) is 7.33. The Morgan fingerprint density at radius 3 is 2.54 bits per heavy atom. The Morgan fingerprint density at radius 2 is 1.85 bits per heavy atom. The largest absolute Gasteiger partial charge is 0.367 e. The average Bonchev–Trinajstić information content (AvgIpc) is 2.90. The van der Waals surface area contributed by atoms with Crippen molar-refractivity contribution in [2.75, 3.05) is 12.4 Å². The lowest BCUT2D eigenvalue weighted by molar-refractivity contribution is 0.0963. The number of benzene rings is 1. The topological polar surface area (TPSA) is 57.3 Å². The highest BCUT2D eigenvalue weighted by Crippen LogP contribution is 2.37. The van der Waals surface area contributed by atoms with Crippen LogP contribution in [0.5, 0.6) is 0 Å². The van der Waals surface area contributed by atoms with Crippen LogP contribution in [0.1, 0.15) is 41.6 Å². The zero-order valence-corrected chi connectivity index (χ0v) is 15.2. The molecule has 2 atom stereocenters. The smallest absolute Gasteiger partial charge is 0.254 e. The number of carbonyl (C=O) groups excluding carboxylic acids is 1. The summed E-state index contributed by atoms with van der Waals surface area (Å²) in [5.41, 5.74) is 2.01. The van der Waals surface area contributed by atoms with Crippen LogP contribution >= 0.6 is 0 Å². The number of hydrogen-bond acceptors (Lipinski definition) is 4. The number of hydrogen-bond donors (Lipinski definition) is 2. The molecule has 26 heavy (non-hydrogen) atoms. The number of anilines is 1. The van der Waals surface area contributed by atoms with Crippen molar-refractivity contribution in [1.82, 2.24) is 15.2 Å². The van der Waals surface area contributed by atoms with E-state index in [-0.39, 0.29) is 5.91 Å². The van der Waals surface area contributed by atoms with Crippen LogP contribution in [0, 0.1) is 0 Å². The van der Waals surface area contributed by atoms with Crippen LogP contribution < -0.4 is 10.6 Å². The lowest BCUT2D eigenvalue weighted by Gasteiger charge is -2.39. The molecule has 0 spiro atoms. The molecule has 2 aromatic rings. The number of nitrogens with zero attached hydrogens (tertiary/aromatic N) is 2. The van der Waals surface area contributed by atoms with Gasteiger partial charge in [-0.05, 0) is 43.4 Å². The maximum atomic E-state index is 12.1. The number of carbonyl (C=O) groups is 1. The number of piperidine rings is 1. The molecule has 5 nitrogen and oxygen atoms in total. The van der Waals surface area contributed by atoms with E-state index in [1.54, 1.807) is 13.2 Å². The molecule has 2 aliphatic rings. The van der Waals surface area contributed by atoms with Crippen LogP contribution in [0.15, 0.2) is 48.7 Å². The van der Waals surface area contributed by atoms with E-state index in [1.807, 2.05) is 12.1 Å². The third-order valence-corrected chi connectivity index (χ3v) is 5.71. The van der Waals surface area contributed by atoms with Gasteiger partial charge < -0.3 is 10.6 Å². The van der Waals surface area contributed by atoms with Crippen LogP contribution in [-0.4, -0.2) is 41.0 Å². The van der Waals surface area contributed by atoms with E-state index in [0.717, 1.165) is 19.4 Å². The molecular formula is C21H26N4O. The van der Waals surface area contributed by atoms with E-state index in [0.29, 0.717) is 29.5 Å². The number of aromatic nitrogens is 1. The number of rotatable bonds is 5. The van der Waals surface area contributed by atoms with Gasteiger partial charge in [0.1, 0.15) is 5.82 Å². The predicted octanol–water partition coefficient (Wildman–Crippen LogP) is 3.05. The maximum Gasteiger partial charge on any atom is 0.254 e. The van der Waals surface area contributed by atoms with Crippen LogP contribution in [0.3, 0.4) is 0 Å². The normalized spacial score (nSPS) is 25.0. The number of fused-ring (bicyclic) bond motifs is 2. The average molecular weight is 350 g/mol. The quantitative estimate of drug-likeness (QED) is 0.870. The minimum Gasteiger partial charge on any atom is -0.367 e. The molecule has 2 bridgehead atoms. The summed E-state index contributed by atoms with van der Waals surface area (Å²) in [5.74, 6) is 0.609. The molecule has 3 heterocycles. The minimum atomic E-state index is -0.0925. The summed E-state index contributed by atoms with van der Waals surface area (Å²) in [6, 6.07) is 16.0. The van der Waals surface area contributed by atoms with Gasteiger partial charge >= 0.3 is 0 Å². The van der Waals surface area contributed by atoms with Gasteiger partial charge in [0.15, 0.2) is 0 Å². The molecular weight excluding hydrogens is 324 g/mol. The monoisotopic (exact) mass is 350 g/mol. The SMILES string of the molecule is CNC(=O)c1cccnc1NC1CC2CCC(C1)N2Cc1ccccc1. The van der Waals surface area contributed by atoms with Gasteiger partial charge in [0, 0.05) is 37.9 Å². The summed E-state index contributed by atoms with van der Waals surface area (Å²) in [7, 11) is 1.65. The van der Waals surface area contributed by atoms with E-state index in [4.69, 9.17) is 0 Å². The Balaban J connectivity index is 1.44. The van der Waals surface area contributed by atoms with Crippen LogP contribution in [0.4, 0.5) is 5.82 Å². The van der Waals surface area contributed by atoms with Gasteiger partial charge in [0.25, 0.3) is 5.91 Å². The highest BCUT2D eigenvalue weighted by atomic mass is 16.1. The van der Waals surface area contributed by atoms with Gasteiger partial charge in [0.05, 0.1) is 5.56 Å². The van der Waals surface area contributed by atoms with Crippen molar-refractivity contribution in [3.63, 3.8) is 0 Å². The molecule has 0 saturated carbocycles. The summed E-state index contributed by atoms with van der Waals surface area (Å²) in [6.45, 7) is 1.04. The Hall–Kier alpha value is -2.40. The van der Waals surface area contributed by atoms with Crippen LogP contribution in [0.25, 0.3) is 0 Å². The van der Waals surface area contributed by atoms with Crippen molar-refractivity contribution in [1.29, 1.82) is 0 Å². The molecule has 2 saturated heterocycles. The first-order chi connectivity index (χ1) is 12.7.